The van der Waals surface area contributed by atoms with Crippen LogP contribution in [-0.4, -0.2) is 14.5 Å². The number of thiophene rings is 1. The fraction of sp³-hybridized carbons (Fsp3) is 0.333. The van der Waals surface area contributed by atoms with Crippen LogP contribution in [0.3, 0.4) is 0 Å². The number of pyridine rings is 1. The molecule has 0 bridgehead atoms. The van der Waals surface area contributed by atoms with Gasteiger partial charge in [0.2, 0.25) is 5.95 Å². The molecule has 3 heterocycles. The van der Waals surface area contributed by atoms with Crippen molar-refractivity contribution in [2.24, 2.45) is 5.92 Å². The van der Waals surface area contributed by atoms with Gasteiger partial charge in [-0.05, 0) is 35.9 Å². The van der Waals surface area contributed by atoms with Crippen molar-refractivity contribution < 1.29 is 0 Å². The van der Waals surface area contributed by atoms with Gasteiger partial charge < -0.3 is 5.73 Å². The van der Waals surface area contributed by atoms with Gasteiger partial charge >= 0.3 is 0 Å². The number of fused-ring (bicyclic) bond motifs is 1. The molecular formula is C15H18N4S. The number of aryl methyl sites for hydroxylation is 1. The van der Waals surface area contributed by atoms with Crippen LogP contribution in [0.15, 0.2) is 29.8 Å². The summed E-state index contributed by atoms with van der Waals surface area (Å²) in [5.41, 5.74) is 9.05. The van der Waals surface area contributed by atoms with E-state index in [0.717, 1.165) is 16.7 Å². The molecule has 0 spiro atoms. The topological polar surface area (TPSA) is 56.7 Å². The Hall–Kier alpha value is -1.88. The van der Waals surface area contributed by atoms with Gasteiger partial charge in [-0.3, -0.25) is 4.57 Å². The summed E-state index contributed by atoms with van der Waals surface area (Å²) in [6.45, 7) is 6.44. The first-order valence-corrected chi connectivity index (χ1v) is 7.60. The molecular weight excluding hydrogens is 268 g/mol. The average molecular weight is 286 g/mol. The van der Waals surface area contributed by atoms with E-state index in [-0.39, 0.29) is 6.04 Å². The second kappa shape index (κ2) is 4.90. The highest BCUT2D eigenvalue weighted by atomic mass is 32.1. The van der Waals surface area contributed by atoms with Crippen molar-refractivity contribution in [3.05, 3.63) is 40.2 Å². The molecule has 104 valence electrons. The molecule has 0 fully saturated rings. The minimum absolute atomic E-state index is 0.175. The summed E-state index contributed by atoms with van der Waals surface area (Å²) >= 11 is 1.75. The summed E-state index contributed by atoms with van der Waals surface area (Å²) in [6.07, 6.45) is 1.82. The third kappa shape index (κ3) is 1.98. The zero-order valence-electron chi connectivity index (χ0n) is 11.9. The number of anilines is 1. The summed E-state index contributed by atoms with van der Waals surface area (Å²) in [5.74, 6) is 0.949. The molecule has 3 aromatic rings. The van der Waals surface area contributed by atoms with Crippen molar-refractivity contribution in [2.45, 2.75) is 26.8 Å². The van der Waals surface area contributed by atoms with Crippen LogP contribution in [0.1, 0.15) is 30.3 Å². The lowest BCUT2D eigenvalue weighted by molar-refractivity contribution is 0.455. The molecule has 0 aliphatic heterocycles. The van der Waals surface area contributed by atoms with E-state index < -0.39 is 0 Å². The molecule has 2 N–H and O–H groups in total. The van der Waals surface area contributed by atoms with Gasteiger partial charge in [-0.1, -0.05) is 19.9 Å². The Labute approximate surface area is 122 Å². The van der Waals surface area contributed by atoms with E-state index in [2.05, 4.69) is 45.9 Å². The molecule has 0 amide bonds. The number of nitrogens with two attached hydrogens (primary N) is 1. The van der Waals surface area contributed by atoms with Crippen LogP contribution in [0.5, 0.6) is 0 Å². The van der Waals surface area contributed by atoms with Gasteiger partial charge in [0.15, 0.2) is 5.65 Å². The monoisotopic (exact) mass is 286 g/mol. The third-order valence-corrected chi connectivity index (χ3v) is 4.50. The largest absolute Gasteiger partial charge is 0.369 e. The molecule has 5 heteroatoms. The van der Waals surface area contributed by atoms with Crippen molar-refractivity contribution in [1.29, 1.82) is 0 Å². The van der Waals surface area contributed by atoms with Crippen LogP contribution in [0, 0.1) is 12.8 Å². The second-order valence-corrected chi connectivity index (χ2v) is 6.32. The molecule has 0 saturated carbocycles. The van der Waals surface area contributed by atoms with E-state index in [1.54, 1.807) is 11.3 Å². The van der Waals surface area contributed by atoms with Crippen molar-refractivity contribution in [2.75, 3.05) is 5.73 Å². The molecule has 3 rings (SSSR count). The number of nitrogen functional groups attached to an aromatic ring is 1. The highest BCUT2D eigenvalue weighted by Crippen LogP contribution is 2.34. The van der Waals surface area contributed by atoms with E-state index in [1.807, 2.05) is 19.2 Å². The average Bonchev–Trinajstić information content (AvgIpc) is 3.01. The highest BCUT2D eigenvalue weighted by Gasteiger charge is 2.24. The van der Waals surface area contributed by atoms with E-state index in [4.69, 9.17) is 5.73 Å². The molecule has 1 atom stereocenters. The maximum Gasteiger partial charge on any atom is 0.203 e. The lowest BCUT2D eigenvalue weighted by Gasteiger charge is -2.22. The Kier molecular flexibility index (Phi) is 3.22. The molecule has 0 aliphatic carbocycles. The number of aromatic nitrogens is 3. The Morgan fingerprint density at radius 1 is 1.30 bits per heavy atom. The second-order valence-electron chi connectivity index (χ2n) is 5.34. The number of imidazole rings is 1. The maximum absolute atomic E-state index is 6.18. The van der Waals surface area contributed by atoms with E-state index in [0.29, 0.717) is 11.9 Å². The lowest BCUT2D eigenvalue weighted by Crippen LogP contribution is -2.18. The van der Waals surface area contributed by atoms with Gasteiger partial charge in [0, 0.05) is 11.1 Å². The summed E-state index contributed by atoms with van der Waals surface area (Å²) in [4.78, 5) is 10.3. The van der Waals surface area contributed by atoms with Gasteiger partial charge in [-0.25, -0.2) is 9.97 Å². The minimum Gasteiger partial charge on any atom is -0.369 e. The fourth-order valence-electron chi connectivity index (χ4n) is 2.62. The first kappa shape index (κ1) is 13.1. The number of nitrogens with zero attached hydrogens (tertiary/aromatic N) is 3. The number of hydrogen-bond donors (Lipinski definition) is 1. The molecule has 0 saturated heterocycles. The summed E-state index contributed by atoms with van der Waals surface area (Å²) in [6, 6.07) is 6.36. The van der Waals surface area contributed by atoms with Crippen molar-refractivity contribution in [3.8, 4) is 0 Å². The van der Waals surface area contributed by atoms with Gasteiger partial charge in [-0.15, -0.1) is 11.3 Å². The molecule has 0 aliphatic rings. The summed E-state index contributed by atoms with van der Waals surface area (Å²) in [7, 11) is 0. The van der Waals surface area contributed by atoms with Gasteiger partial charge in [0.25, 0.3) is 0 Å². The summed E-state index contributed by atoms with van der Waals surface area (Å²) < 4.78 is 2.07. The van der Waals surface area contributed by atoms with Crippen LogP contribution in [0.4, 0.5) is 5.95 Å². The molecule has 20 heavy (non-hydrogen) atoms. The Morgan fingerprint density at radius 3 is 2.75 bits per heavy atom. The molecule has 1 unspecified atom stereocenters. The quantitative estimate of drug-likeness (QED) is 0.800. The first-order valence-electron chi connectivity index (χ1n) is 6.72. The van der Waals surface area contributed by atoms with Crippen molar-refractivity contribution in [3.63, 3.8) is 0 Å². The summed E-state index contributed by atoms with van der Waals surface area (Å²) in [5, 5.41) is 2.10. The first-order chi connectivity index (χ1) is 9.59. The smallest absolute Gasteiger partial charge is 0.203 e. The maximum atomic E-state index is 6.18. The Morgan fingerprint density at radius 2 is 2.10 bits per heavy atom. The Bertz CT molecular complexity index is 728. The van der Waals surface area contributed by atoms with Crippen molar-refractivity contribution >= 4 is 28.4 Å². The zero-order chi connectivity index (χ0) is 14.3. The highest BCUT2D eigenvalue weighted by molar-refractivity contribution is 7.10. The molecule has 4 nitrogen and oxygen atoms in total. The lowest BCUT2D eigenvalue weighted by atomic mass is 10.0. The predicted octanol–water partition coefficient (Wildman–Crippen LogP) is 3.63. The Balaban J connectivity index is 2.27. The molecule has 0 radical (unpaired) electrons. The van der Waals surface area contributed by atoms with E-state index in [1.165, 1.54) is 4.88 Å². The normalized spacial score (nSPS) is 13.2. The fourth-order valence-corrected chi connectivity index (χ4v) is 3.60. The van der Waals surface area contributed by atoms with Gasteiger partial charge in [0.05, 0.1) is 6.04 Å². The van der Waals surface area contributed by atoms with Gasteiger partial charge in [-0.2, -0.15) is 0 Å². The van der Waals surface area contributed by atoms with E-state index in [9.17, 15) is 0 Å². The van der Waals surface area contributed by atoms with Crippen LogP contribution in [0.25, 0.3) is 11.2 Å². The molecule has 0 aromatic carbocycles. The minimum atomic E-state index is 0.175. The van der Waals surface area contributed by atoms with Gasteiger partial charge in [0.1, 0.15) is 5.52 Å². The molecule has 3 aromatic heterocycles. The SMILES string of the molecule is Cc1ccnc2c1nc(N)n2C(c1cccs1)C(C)C. The third-order valence-electron chi connectivity index (χ3n) is 3.55. The van der Waals surface area contributed by atoms with Crippen LogP contribution in [0.2, 0.25) is 0 Å². The van der Waals surface area contributed by atoms with E-state index >= 15 is 0 Å². The predicted molar refractivity (Wildman–Crippen MR) is 84.0 cm³/mol. The van der Waals surface area contributed by atoms with Crippen LogP contribution < -0.4 is 5.73 Å². The standard InChI is InChI=1S/C15H18N4S/c1-9(2)13(11-5-4-8-20-11)19-14-12(18-15(19)16)10(3)6-7-17-14/h4-9,13H,1-3H3,(H2,16,18). The van der Waals surface area contributed by atoms with Crippen LogP contribution >= 0.6 is 11.3 Å². The zero-order valence-corrected chi connectivity index (χ0v) is 12.7. The number of hydrogen-bond acceptors (Lipinski definition) is 4. The number of rotatable bonds is 3. The van der Waals surface area contributed by atoms with Crippen molar-refractivity contribution in [1.82, 2.24) is 14.5 Å². The van der Waals surface area contributed by atoms with Crippen LogP contribution in [-0.2, 0) is 0 Å².